The van der Waals surface area contributed by atoms with Gasteiger partial charge in [-0.1, -0.05) is 13.0 Å². The summed E-state index contributed by atoms with van der Waals surface area (Å²) in [6, 6.07) is 0. The van der Waals surface area contributed by atoms with Crippen molar-refractivity contribution in [3.05, 3.63) is 34.4 Å². The largest absolute Gasteiger partial charge is 0.393 e. The van der Waals surface area contributed by atoms with Gasteiger partial charge in [0.05, 0.1) is 6.61 Å². The minimum absolute atomic E-state index is 0.106. The minimum atomic E-state index is -0.516. The van der Waals surface area contributed by atoms with Crippen LogP contribution in [0.4, 0.5) is 5.82 Å². The van der Waals surface area contributed by atoms with Crippen LogP contribution in [0.3, 0.4) is 0 Å². The highest BCUT2D eigenvalue weighted by Crippen LogP contribution is 2.20. The molecule has 2 heterocycles. The highest BCUT2D eigenvalue weighted by atomic mass is 16.5. The van der Waals surface area contributed by atoms with Crippen LogP contribution in [-0.2, 0) is 11.2 Å². The summed E-state index contributed by atoms with van der Waals surface area (Å²) in [6.07, 6.45) is 4.91. The van der Waals surface area contributed by atoms with E-state index in [1.165, 1.54) is 4.57 Å². The molecule has 2 atom stereocenters. The Morgan fingerprint density at radius 3 is 2.94 bits per heavy atom. The fraction of sp³-hybridized carbons (Fsp3) is 0.455. The second-order valence-corrected chi connectivity index (χ2v) is 3.83. The van der Waals surface area contributed by atoms with Gasteiger partial charge in [-0.05, 0) is 12.5 Å². The fourth-order valence-electron chi connectivity index (χ4n) is 1.73. The Labute approximate surface area is 98.3 Å². The molecule has 2 rings (SSSR count). The van der Waals surface area contributed by atoms with Gasteiger partial charge in [0.15, 0.2) is 6.23 Å². The lowest BCUT2D eigenvalue weighted by atomic mass is 10.2. The smallest absolute Gasteiger partial charge is 0.351 e. The third kappa shape index (κ3) is 2.22. The Morgan fingerprint density at radius 2 is 2.35 bits per heavy atom. The molecular formula is C11H15N3O3. The average Bonchev–Trinajstić information content (AvgIpc) is 2.78. The number of nitrogens with zero attached hydrogens (tertiary/aromatic N) is 2. The molecular weight excluding hydrogens is 222 g/mol. The molecule has 3 N–H and O–H groups in total. The predicted molar refractivity (Wildman–Crippen MR) is 62.4 cm³/mol. The van der Waals surface area contributed by atoms with Gasteiger partial charge in [0.25, 0.3) is 0 Å². The lowest BCUT2D eigenvalue weighted by molar-refractivity contribution is -0.0103. The maximum atomic E-state index is 11.7. The molecule has 0 saturated heterocycles. The van der Waals surface area contributed by atoms with Crippen LogP contribution < -0.4 is 11.4 Å². The number of aliphatic hydroxyl groups is 1. The van der Waals surface area contributed by atoms with Crippen molar-refractivity contribution in [2.45, 2.75) is 25.7 Å². The lowest BCUT2D eigenvalue weighted by Gasteiger charge is -2.16. The number of anilines is 1. The zero-order valence-electron chi connectivity index (χ0n) is 9.54. The first-order valence-corrected chi connectivity index (χ1v) is 5.48. The van der Waals surface area contributed by atoms with E-state index in [4.69, 9.17) is 15.6 Å². The van der Waals surface area contributed by atoms with E-state index < -0.39 is 11.9 Å². The van der Waals surface area contributed by atoms with Gasteiger partial charge in [-0.25, -0.2) is 4.79 Å². The third-order valence-corrected chi connectivity index (χ3v) is 2.70. The quantitative estimate of drug-likeness (QED) is 0.712. The monoisotopic (exact) mass is 237 g/mol. The van der Waals surface area contributed by atoms with Gasteiger partial charge in [0.1, 0.15) is 11.9 Å². The number of aryl methyl sites for hydroxylation is 1. The van der Waals surface area contributed by atoms with Crippen molar-refractivity contribution in [2.75, 3.05) is 12.3 Å². The molecule has 1 aromatic heterocycles. The number of nitrogens with two attached hydrogens (primary N) is 1. The molecule has 1 aliphatic rings. The van der Waals surface area contributed by atoms with E-state index in [9.17, 15) is 4.79 Å². The summed E-state index contributed by atoms with van der Waals surface area (Å²) in [5, 5.41) is 8.95. The van der Waals surface area contributed by atoms with E-state index >= 15 is 0 Å². The Hall–Kier alpha value is -1.66. The number of ether oxygens (including phenoxy) is 1. The summed E-state index contributed by atoms with van der Waals surface area (Å²) in [6.45, 7) is 1.83. The van der Waals surface area contributed by atoms with Crippen LogP contribution >= 0.6 is 0 Å². The first-order chi connectivity index (χ1) is 8.15. The van der Waals surface area contributed by atoms with E-state index in [1.54, 1.807) is 18.3 Å². The molecule has 0 fully saturated rings. The Bertz CT molecular complexity index is 495. The normalized spacial score (nSPS) is 23.2. The summed E-state index contributed by atoms with van der Waals surface area (Å²) >= 11 is 0. The van der Waals surface area contributed by atoms with Crippen LogP contribution in [-0.4, -0.2) is 27.4 Å². The molecule has 0 aliphatic carbocycles. The van der Waals surface area contributed by atoms with Crippen LogP contribution in [0.25, 0.3) is 0 Å². The van der Waals surface area contributed by atoms with Gasteiger partial charge in [-0.3, -0.25) is 4.57 Å². The second-order valence-electron chi connectivity index (χ2n) is 3.83. The molecule has 0 bridgehead atoms. The summed E-state index contributed by atoms with van der Waals surface area (Å²) in [4.78, 5) is 15.4. The molecule has 0 unspecified atom stereocenters. The molecule has 1 aromatic rings. The zero-order chi connectivity index (χ0) is 12.4. The van der Waals surface area contributed by atoms with Gasteiger partial charge in [0, 0.05) is 11.8 Å². The molecule has 92 valence electrons. The highest BCUT2D eigenvalue weighted by molar-refractivity contribution is 5.36. The van der Waals surface area contributed by atoms with E-state index in [2.05, 4.69) is 4.98 Å². The number of hydrogen-bond donors (Lipinski definition) is 2. The van der Waals surface area contributed by atoms with Crippen molar-refractivity contribution in [1.29, 1.82) is 0 Å². The molecule has 6 nitrogen and oxygen atoms in total. The van der Waals surface area contributed by atoms with Crippen LogP contribution in [0.1, 0.15) is 18.7 Å². The number of aliphatic hydroxyl groups excluding tert-OH is 1. The summed E-state index contributed by atoms with van der Waals surface area (Å²) < 4.78 is 6.81. The standard InChI is InChI=1S/C11H15N3O3/c1-2-7-5-14(11(16)13-10(7)12)9-4-3-8(6-15)17-9/h3-5,8-9,15H,2,6H2,1H3,(H2,12,13,16)/t8-,9+/m1/s1. The maximum Gasteiger partial charge on any atom is 0.351 e. The maximum absolute atomic E-state index is 11.7. The van der Waals surface area contributed by atoms with Crippen molar-refractivity contribution in [1.82, 2.24) is 9.55 Å². The van der Waals surface area contributed by atoms with Gasteiger partial charge in [-0.15, -0.1) is 0 Å². The fourth-order valence-corrected chi connectivity index (χ4v) is 1.73. The Kier molecular flexibility index (Phi) is 3.26. The average molecular weight is 237 g/mol. The first kappa shape index (κ1) is 11.8. The van der Waals surface area contributed by atoms with Crippen LogP contribution in [0.5, 0.6) is 0 Å². The lowest BCUT2D eigenvalue weighted by Crippen LogP contribution is -2.29. The van der Waals surface area contributed by atoms with E-state index in [0.717, 1.165) is 5.56 Å². The van der Waals surface area contributed by atoms with E-state index in [0.29, 0.717) is 6.42 Å². The summed E-state index contributed by atoms with van der Waals surface area (Å²) in [5.74, 6) is 0.259. The summed E-state index contributed by atoms with van der Waals surface area (Å²) in [7, 11) is 0. The Morgan fingerprint density at radius 1 is 1.59 bits per heavy atom. The zero-order valence-corrected chi connectivity index (χ0v) is 9.54. The third-order valence-electron chi connectivity index (χ3n) is 2.70. The molecule has 0 spiro atoms. The number of rotatable bonds is 3. The predicted octanol–water partition coefficient (Wildman–Crippen LogP) is -0.166. The SMILES string of the molecule is CCc1cn([C@@H]2C=C[C@H](CO)O2)c(=O)nc1N. The van der Waals surface area contributed by atoms with Crippen LogP contribution in [0, 0.1) is 0 Å². The van der Waals surface area contributed by atoms with Crippen LogP contribution in [0.2, 0.25) is 0 Å². The van der Waals surface area contributed by atoms with Gasteiger partial charge < -0.3 is 15.6 Å². The van der Waals surface area contributed by atoms with Crippen molar-refractivity contribution in [3.8, 4) is 0 Å². The van der Waals surface area contributed by atoms with Gasteiger partial charge in [0.2, 0.25) is 0 Å². The first-order valence-electron chi connectivity index (χ1n) is 5.48. The molecule has 6 heteroatoms. The topological polar surface area (TPSA) is 90.4 Å². The molecule has 0 saturated carbocycles. The number of aromatic nitrogens is 2. The van der Waals surface area contributed by atoms with E-state index in [-0.39, 0.29) is 18.5 Å². The molecule has 17 heavy (non-hydrogen) atoms. The summed E-state index contributed by atoms with van der Waals surface area (Å²) in [5.41, 5.74) is 5.98. The molecule has 0 aromatic carbocycles. The molecule has 0 amide bonds. The molecule has 0 radical (unpaired) electrons. The van der Waals surface area contributed by atoms with Crippen LogP contribution in [0.15, 0.2) is 23.1 Å². The van der Waals surface area contributed by atoms with E-state index in [1.807, 2.05) is 6.92 Å². The van der Waals surface area contributed by atoms with Crippen molar-refractivity contribution in [3.63, 3.8) is 0 Å². The Balaban J connectivity index is 2.34. The minimum Gasteiger partial charge on any atom is -0.393 e. The van der Waals surface area contributed by atoms with Gasteiger partial charge in [-0.2, -0.15) is 4.98 Å². The van der Waals surface area contributed by atoms with Crippen molar-refractivity contribution in [2.24, 2.45) is 0 Å². The second kappa shape index (κ2) is 4.68. The highest BCUT2D eigenvalue weighted by Gasteiger charge is 2.21. The van der Waals surface area contributed by atoms with Gasteiger partial charge >= 0.3 is 5.69 Å². The van der Waals surface area contributed by atoms with Crippen molar-refractivity contribution < 1.29 is 9.84 Å². The number of hydrogen-bond acceptors (Lipinski definition) is 5. The van der Waals surface area contributed by atoms with Crippen molar-refractivity contribution >= 4 is 5.82 Å². The molecule has 1 aliphatic heterocycles. The number of nitrogen functional groups attached to an aromatic ring is 1.